The molecule has 0 unspecified atom stereocenters. The standard InChI is InChI=1S/C19H14FNO2/c1-12-10-11-21-18(20)17(12)15-6-2-13(3-7-15)14-4-8-16(9-5-14)19(22)23/h2-11H,1H3,(H,22,23). The molecule has 0 atom stereocenters. The van der Waals surface area contributed by atoms with Crippen LogP contribution in [0.2, 0.25) is 0 Å². The van der Waals surface area contributed by atoms with Gasteiger partial charge in [-0.15, -0.1) is 0 Å². The Kier molecular flexibility index (Phi) is 3.89. The Morgan fingerprint density at radius 2 is 1.43 bits per heavy atom. The molecule has 4 heteroatoms. The van der Waals surface area contributed by atoms with E-state index in [9.17, 15) is 9.18 Å². The van der Waals surface area contributed by atoms with Crippen molar-refractivity contribution in [3.8, 4) is 22.3 Å². The van der Waals surface area contributed by atoms with Crippen LogP contribution in [0.25, 0.3) is 22.3 Å². The Hall–Kier alpha value is -3.01. The fourth-order valence-electron chi connectivity index (χ4n) is 2.51. The molecule has 3 nitrogen and oxygen atoms in total. The number of hydrogen-bond donors (Lipinski definition) is 1. The molecule has 0 aliphatic rings. The Morgan fingerprint density at radius 1 is 0.913 bits per heavy atom. The van der Waals surface area contributed by atoms with Crippen molar-refractivity contribution in [2.45, 2.75) is 6.92 Å². The number of pyridine rings is 1. The molecule has 0 saturated heterocycles. The van der Waals surface area contributed by atoms with Crippen molar-refractivity contribution in [2.75, 3.05) is 0 Å². The highest BCUT2D eigenvalue weighted by atomic mass is 19.1. The lowest BCUT2D eigenvalue weighted by Crippen LogP contribution is -1.95. The highest BCUT2D eigenvalue weighted by molar-refractivity contribution is 5.88. The molecular weight excluding hydrogens is 293 g/mol. The van der Waals surface area contributed by atoms with E-state index in [0.717, 1.165) is 22.3 Å². The first kappa shape index (κ1) is 14.9. The van der Waals surface area contributed by atoms with Crippen LogP contribution in [0, 0.1) is 12.9 Å². The fraction of sp³-hybridized carbons (Fsp3) is 0.0526. The summed E-state index contributed by atoms with van der Waals surface area (Å²) >= 11 is 0. The summed E-state index contributed by atoms with van der Waals surface area (Å²) in [5, 5.41) is 8.92. The minimum Gasteiger partial charge on any atom is -0.478 e. The minimum absolute atomic E-state index is 0.249. The van der Waals surface area contributed by atoms with Crippen molar-refractivity contribution in [3.63, 3.8) is 0 Å². The lowest BCUT2D eigenvalue weighted by molar-refractivity contribution is 0.0697. The molecule has 0 bridgehead atoms. The van der Waals surface area contributed by atoms with Crippen LogP contribution in [0.4, 0.5) is 4.39 Å². The zero-order valence-electron chi connectivity index (χ0n) is 12.5. The van der Waals surface area contributed by atoms with Gasteiger partial charge in [0.2, 0.25) is 5.95 Å². The summed E-state index contributed by atoms with van der Waals surface area (Å²) in [4.78, 5) is 14.6. The summed E-state index contributed by atoms with van der Waals surface area (Å²) in [5.74, 6) is -1.43. The van der Waals surface area contributed by atoms with Crippen LogP contribution < -0.4 is 0 Å². The van der Waals surface area contributed by atoms with Gasteiger partial charge in [-0.2, -0.15) is 4.39 Å². The molecule has 0 spiro atoms. The number of benzene rings is 2. The number of carbonyl (C=O) groups is 1. The lowest BCUT2D eigenvalue weighted by Gasteiger charge is -2.08. The zero-order chi connectivity index (χ0) is 16.4. The van der Waals surface area contributed by atoms with Crippen molar-refractivity contribution < 1.29 is 14.3 Å². The molecule has 3 rings (SSSR count). The summed E-state index contributed by atoms with van der Waals surface area (Å²) in [6.07, 6.45) is 1.45. The van der Waals surface area contributed by atoms with Gasteiger partial charge in [0, 0.05) is 11.8 Å². The highest BCUT2D eigenvalue weighted by Gasteiger charge is 2.09. The predicted octanol–water partition coefficient (Wildman–Crippen LogP) is 4.56. The molecule has 114 valence electrons. The number of aromatic carboxylic acids is 1. The van der Waals surface area contributed by atoms with E-state index < -0.39 is 11.9 Å². The Balaban J connectivity index is 1.95. The largest absolute Gasteiger partial charge is 0.478 e. The van der Waals surface area contributed by atoms with Gasteiger partial charge in [-0.25, -0.2) is 9.78 Å². The summed E-state index contributed by atoms with van der Waals surface area (Å²) in [7, 11) is 0. The van der Waals surface area contributed by atoms with Gasteiger partial charge < -0.3 is 5.11 Å². The smallest absolute Gasteiger partial charge is 0.335 e. The molecule has 0 amide bonds. The van der Waals surface area contributed by atoms with E-state index in [1.165, 1.54) is 6.20 Å². The van der Waals surface area contributed by atoms with E-state index in [4.69, 9.17) is 5.11 Å². The van der Waals surface area contributed by atoms with Crippen LogP contribution in [0.1, 0.15) is 15.9 Å². The maximum absolute atomic E-state index is 13.9. The van der Waals surface area contributed by atoms with Gasteiger partial charge in [-0.05, 0) is 47.4 Å². The van der Waals surface area contributed by atoms with Crippen molar-refractivity contribution >= 4 is 5.97 Å². The van der Waals surface area contributed by atoms with E-state index in [-0.39, 0.29) is 5.56 Å². The normalized spacial score (nSPS) is 10.5. The van der Waals surface area contributed by atoms with Crippen LogP contribution in [-0.4, -0.2) is 16.1 Å². The quantitative estimate of drug-likeness (QED) is 0.722. The predicted molar refractivity (Wildman–Crippen MR) is 86.8 cm³/mol. The van der Waals surface area contributed by atoms with Crippen LogP contribution in [0.5, 0.6) is 0 Å². The molecule has 0 saturated carbocycles. The van der Waals surface area contributed by atoms with Gasteiger partial charge in [0.05, 0.1) is 5.56 Å². The number of aromatic nitrogens is 1. The number of carboxylic acids is 1. The third-order valence-electron chi connectivity index (χ3n) is 3.75. The monoisotopic (exact) mass is 307 g/mol. The number of nitrogens with zero attached hydrogens (tertiary/aromatic N) is 1. The number of halogens is 1. The summed E-state index contributed by atoms with van der Waals surface area (Å²) in [5.41, 5.74) is 4.19. The second kappa shape index (κ2) is 6.01. The minimum atomic E-state index is -0.950. The number of rotatable bonds is 3. The molecule has 1 heterocycles. The zero-order valence-corrected chi connectivity index (χ0v) is 12.5. The van der Waals surface area contributed by atoms with E-state index >= 15 is 0 Å². The molecule has 0 aliphatic carbocycles. The number of hydrogen-bond acceptors (Lipinski definition) is 2. The van der Waals surface area contributed by atoms with E-state index in [0.29, 0.717) is 5.56 Å². The van der Waals surface area contributed by atoms with Crippen molar-refractivity contribution in [2.24, 2.45) is 0 Å². The fourth-order valence-corrected chi connectivity index (χ4v) is 2.51. The number of aryl methyl sites for hydroxylation is 1. The van der Waals surface area contributed by atoms with Gasteiger partial charge in [0.15, 0.2) is 0 Å². The summed E-state index contributed by atoms with van der Waals surface area (Å²) in [6, 6.07) is 15.9. The Labute approximate surface area is 133 Å². The molecule has 2 aromatic carbocycles. The van der Waals surface area contributed by atoms with E-state index in [2.05, 4.69) is 4.98 Å². The van der Waals surface area contributed by atoms with Crippen LogP contribution in [0.15, 0.2) is 60.8 Å². The van der Waals surface area contributed by atoms with Crippen LogP contribution in [-0.2, 0) is 0 Å². The first-order valence-corrected chi connectivity index (χ1v) is 7.11. The lowest BCUT2D eigenvalue weighted by atomic mass is 9.98. The topological polar surface area (TPSA) is 50.2 Å². The summed E-state index contributed by atoms with van der Waals surface area (Å²) in [6.45, 7) is 1.85. The second-order valence-electron chi connectivity index (χ2n) is 5.25. The molecule has 1 aromatic heterocycles. The van der Waals surface area contributed by atoms with Gasteiger partial charge >= 0.3 is 5.97 Å². The molecule has 0 radical (unpaired) electrons. The Bertz CT molecular complexity index is 835. The van der Waals surface area contributed by atoms with Crippen molar-refractivity contribution in [1.82, 2.24) is 4.98 Å². The maximum atomic E-state index is 13.9. The molecule has 0 aliphatic heterocycles. The highest BCUT2D eigenvalue weighted by Crippen LogP contribution is 2.28. The Morgan fingerprint density at radius 3 is 1.96 bits per heavy atom. The van der Waals surface area contributed by atoms with E-state index in [1.807, 2.05) is 31.2 Å². The molecule has 1 N–H and O–H groups in total. The average Bonchev–Trinajstić information content (AvgIpc) is 2.55. The molecular formula is C19H14FNO2. The molecule has 0 fully saturated rings. The van der Waals surface area contributed by atoms with Gasteiger partial charge in [0.1, 0.15) is 0 Å². The third kappa shape index (κ3) is 2.97. The second-order valence-corrected chi connectivity index (χ2v) is 5.25. The SMILES string of the molecule is Cc1ccnc(F)c1-c1ccc(-c2ccc(C(=O)O)cc2)cc1. The van der Waals surface area contributed by atoms with Crippen molar-refractivity contribution in [1.29, 1.82) is 0 Å². The first-order valence-electron chi connectivity index (χ1n) is 7.11. The van der Waals surface area contributed by atoms with Gasteiger partial charge in [-0.1, -0.05) is 36.4 Å². The average molecular weight is 307 g/mol. The number of carboxylic acid groups (broad SMARTS) is 1. The van der Waals surface area contributed by atoms with E-state index in [1.54, 1.807) is 30.3 Å². The van der Waals surface area contributed by atoms with Crippen LogP contribution in [0.3, 0.4) is 0 Å². The van der Waals surface area contributed by atoms with Gasteiger partial charge in [0.25, 0.3) is 0 Å². The molecule has 23 heavy (non-hydrogen) atoms. The summed E-state index contributed by atoms with van der Waals surface area (Å²) < 4.78 is 13.9. The van der Waals surface area contributed by atoms with Crippen molar-refractivity contribution in [3.05, 3.63) is 77.9 Å². The molecule has 3 aromatic rings. The van der Waals surface area contributed by atoms with Crippen LogP contribution >= 0.6 is 0 Å². The maximum Gasteiger partial charge on any atom is 0.335 e. The first-order chi connectivity index (χ1) is 11.1. The third-order valence-corrected chi connectivity index (χ3v) is 3.75. The van der Waals surface area contributed by atoms with Gasteiger partial charge in [-0.3, -0.25) is 0 Å².